The average molecular weight is 268 g/mol. The summed E-state index contributed by atoms with van der Waals surface area (Å²) in [6, 6.07) is 10.5. The molecule has 2 N–H and O–H groups in total. The summed E-state index contributed by atoms with van der Waals surface area (Å²) in [4.78, 5) is 4.76. The molecule has 19 heavy (non-hydrogen) atoms. The van der Waals surface area contributed by atoms with E-state index in [1.807, 2.05) is 6.92 Å². The van der Waals surface area contributed by atoms with Crippen LogP contribution in [0.5, 0.6) is 0 Å². The quantitative estimate of drug-likeness (QED) is 0.661. The fraction of sp³-hybridized carbons (Fsp3) is 0.188. The van der Waals surface area contributed by atoms with Crippen molar-refractivity contribution in [2.45, 2.75) is 20.8 Å². The van der Waals surface area contributed by atoms with Gasteiger partial charge < -0.3 is 5.73 Å². The Hall–Kier alpha value is -1.87. The number of thiazole rings is 1. The Labute approximate surface area is 116 Å². The second-order valence-corrected chi connectivity index (χ2v) is 6.01. The number of nitrogen functional groups attached to an aromatic ring is 1. The molecule has 0 fully saturated rings. The number of nitrogens with zero attached hydrogens (tertiary/aromatic N) is 1. The van der Waals surface area contributed by atoms with E-state index in [-0.39, 0.29) is 0 Å². The van der Waals surface area contributed by atoms with Crippen LogP contribution in [0.1, 0.15) is 16.7 Å². The van der Waals surface area contributed by atoms with Crippen LogP contribution < -0.4 is 5.73 Å². The van der Waals surface area contributed by atoms with Gasteiger partial charge in [0, 0.05) is 11.3 Å². The van der Waals surface area contributed by atoms with Crippen molar-refractivity contribution >= 4 is 27.2 Å². The SMILES string of the molecule is Cc1cc(C)c(N)c(-c2nc3c(C)cccc3s2)c1. The highest BCUT2D eigenvalue weighted by molar-refractivity contribution is 7.21. The summed E-state index contributed by atoms with van der Waals surface area (Å²) in [6.07, 6.45) is 0. The predicted molar refractivity (Wildman–Crippen MR) is 83.7 cm³/mol. The van der Waals surface area contributed by atoms with Gasteiger partial charge in [-0.15, -0.1) is 11.3 Å². The van der Waals surface area contributed by atoms with Crippen molar-refractivity contribution in [1.82, 2.24) is 4.98 Å². The fourth-order valence-corrected chi connectivity index (χ4v) is 3.43. The number of para-hydroxylation sites is 1. The number of hydrogen-bond donors (Lipinski definition) is 1. The molecule has 3 aromatic rings. The Bertz CT molecular complexity index is 772. The first-order valence-electron chi connectivity index (χ1n) is 6.29. The van der Waals surface area contributed by atoms with Crippen LogP contribution >= 0.6 is 11.3 Å². The standard InChI is InChI=1S/C16H16N2S/c1-9-7-11(3)14(17)12(8-9)16-18-15-10(2)5-4-6-13(15)19-16/h4-8H,17H2,1-3H3. The maximum absolute atomic E-state index is 6.21. The van der Waals surface area contributed by atoms with Crippen molar-refractivity contribution in [3.8, 4) is 10.6 Å². The van der Waals surface area contributed by atoms with E-state index in [1.54, 1.807) is 11.3 Å². The van der Waals surface area contributed by atoms with Crippen molar-refractivity contribution < 1.29 is 0 Å². The van der Waals surface area contributed by atoms with Crippen LogP contribution in [0.15, 0.2) is 30.3 Å². The molecule has 0 atom stereocenters. The predicted octanol–water partition coefficient (Wildman–Crippen LogP) is 4.47. The van der Waals surface area contributed by atoms with E-state index in [4.69, 9.17) is 10.7 Å². The monoisotopic (exact) mass is 268 g/mol. The second kappa shape index (κ2) is 4.35. The molecule has 0 saturated carbocycles. The van der Waals surface area contributed by atoms with Crippen molar-refractivity contribution in [2.24, 2.45) is 0 Å². The first-order valence-corrected chi connectivity index (χ1v) is 7.11. The van der Waals surface area contributed by atoms with Crippen LogP contribution in [0, 0.1) is 20.8 Å². The first kappa shape index (κ1) is 12.2. The van der Waals surface area contributed by atoms with Crippen LogP contribution in [-0.2, 0) is 0 Å². The zero-order valence-electron chi connectivity index (χ0n) is 11.3. The van der Waals surface area contributed by atoms with Crippen LogP contribution in [-0.4, -0.2) is 4.98 Å². The van der Waals surface area contributed by atoms with E-state index < -0.39 is 0 Å². The molecule has 0 bridgehead atoms. The Balaban J connectivity index is 2.28. The number of aryl methyl sites for hydroxylation is 3. The number of anilines is 1. The summed E-state index contributed by atoms with van der Waals surface area (Å²) in [5.74, 6) is 0. The van der Waals surface area contributed by atoms with Gasteiger partial charge in [0.2, 0.25) is 0 Å². The highest BCUT2D eigenvalue weighted by Gasteiger charge is 2.12. The van der Waals surface area contributed by atoms with E-state index in [0.29, 0.717) is 0 Å². The summed E-state index contributed by atoms with van der Waals surface area (Å²) in [7, 11) is 0. The molecule has 0 aliphatic rings. The van der Waals surface area contributed by atoms with Gasteiger partial charge in [0.1, 0.15) is 5.01 Å². The lowest BCUT2D eigenvalue weighted by molar-refractivity contribution is 1.36. The maximum atomic E-state index is 6.21. The van der Waals surface area contributed by atoms with Gasteiger partial charge in [-0.05, 0) is 44.0 Å². The lowest BCUT2D eigenvalue weighted by Gasteiger charge is -2.07. The summed E-state index contributed by atoms with van der Waals surface area (Å²) in [5, 5.41) is 1.01. The second-order valence-electron chi connectivity index (χ2n) is 4.98. The number of fused-ring (bicyclic) bond motifs is 1. The number of benzene rings is 2. The third-order valence-corrected chi connectivity index (χ3v) is 4.44. The molecule has 2 nitrogen and oxygen atoms in total. The summed E-state index contributed by atoms with van der Waals surface area (Å²) >= 11 is 1.70. The van der Waals surface area contributed by atoms with Gasteiger partial charge in [-0.25, -0.2) is 4.98 Å². The van der Waals surface area contributed by atoms with Crippen molar-refractivity contribution in [3.05, 3.63) is 47.0 Å². The molecule has 0 amide bonds. The van der Waals surface area contributed by atoms with Crippen molar-refractivity contribution in [2.75, 3.05) is 5.73 Å². The molecule has 0 unspecified atom stereocenters. The van der Waals surface area contributed by atoms with Gasteiger partial charge in [0.05, 0.1) is 10.2 Å². The number of hydrogen-bond acceptors (Lipinski definition) is 3. The minimum Gasteiger partial charge on any atom is -0.398 e. The topological polar surface area (TPSA) is 38.9 Å². The summed E-state index contributed by atoms with van der Waals surface area (Å²) < 4.78 is 1.22. The lowest BCUT2D eigenvalue weighted by Crippen LogP contribution is -1.94. The zero-order chi connectivity index (χ0) is 13.6. The number of nitrogens with two attached hydrogens (primary N) is 1. The Morgan fingerprint density at radius 3 is 2.58 bits per heavy atom. The largest absolute Gasteiger partial charge is 0.398 e. The molecule has 1 heterocycles. The van der Waals surface area contributed by atoms with Crippen LogP contribution in [0.4, 0.5) is 5.69 Å². The third kappa shape index (κ3) is 2.00. The van der Waals surface area contributed by atoms with E-state index in [9.17, 15) is 0 Å². The molecule has 0 spiro atoms. The van der Waals surface area contributed by atoms with E-state index in [0.717, 1.165) is 27.3 Å². The summed E-state index contributed by atoms with van der Waals surface area (Å²) in [5.41, 5.74) is 12.7. The molecule has 3 heteroatoms. The highest BCUT2D eigenvalue weighted by Crippen LogP contribution is 2.36. The lowest BCUT2D eigenvalue weighted by atomic mass is 10.0. The molecule has 2 aromatic carbocycles. The molecular formula is C16H16N2S. The van der Waals surface area contributed by atoms with Gasteiger partial charge >= 0.3 is 0 Å². The van der Waals surface area contributed by atoms with Crippen molar-refractivity contribution in [1.29, 1.82) is 0 Å². The minimum atomic E-state index is 0.835. The van der Waals surface area contributed by atoms with Gasteiger partial charge in [-0.3, -0.25) is 0 Å². The minimum absolute atomic E-state index is 0.835. The van der Waals surface area contributed by atoms with E-state index >= 15 is 0 Å². The van der Waals surface area contributed by atoms with Gasteiger partial charge in [-0.2, -0.15) is 0 Å². The fourth-order valence-electron chi connectivity index (χ4n) is 2.36. The van der Waals surface area contributed by atoms with Crippen molar-refractivity contribution in [3.63, 3.8) is 0 Å². The van der Waals surface area contributed by atoms with Crippen LogP contribution in [0.2, 0.25) is 0 Å². The molecular weight excluding hydrogens is 252 g/mol. The van der Waals surface area contributed by atoms with Gasteiger partial charge in [-0.1, -0.05) is 23.8 Å². The molecule has 0 aliphatic carbocycles. The molecule has 1 aromatic heterocycles. The number of rotatable bonds is 1. The molecule has 3 rings (SSSR count). The van der Waals surface area contributed by atoms with E-state index in [1.165, 1.54) is 15.8 Å². The van der Waals surface area contributed by atoms with Gasteiger partial charge in [0.25, 0.3) is 0 Å². The Morgan fingerprint density at radius 2 is 1.84 bits per heavy atom. The average Bonchev–Trinajstić information content (AvgIpc) is 2.79. The number of aromatic nitrogens is 1. The normalized spacial score (nSPS) is 11.1. The third-order valence-electron chi connectivity index (χ3n) is 3.38. The molecule has 0 aliphatic heterocycles. The first-order chi connectivity index (χ1) is 9.06. The highest BCUT2D eigenvalue weighted by atomic mass is 32.1. The Morgan fingerprint density at radius 1 is 1.05 bits per heavy atom. The molecule has 96 valence electrons. The zero-order valence-corrected chi connectivity index (χ0v) is 12.1. The van der Waals surface area contributed by atoms with Gasteiger partial charge in [0.15, 0.2) is 0 Å². The van der Waals surface area contributed by atoms with Crippen LogP contribution in [0.25, 0.3) is 20.8 Å². The molecule has 0 radical (unpaired) electrons. The summed E-state index contributed by atoms with van der Waals surface area (Å²) in [6.45, 7) is 6.23. The van der Waals surface area contributed by atoms with E-state index in [2.05, 4.69) is 44.2 Å². The Kier molecular flexibility index (Phi) is 2.79. The molecule has 0 saturated heterocycles. The van der Waals surface area contributed by atoms with Crippen LogP contribution in [0.3, 0.4) is 0 Å². The maximum Gasteiger partial charge on any atom is 0.126 e. The smallest absolute Gasteiger partial charge is 0.126 e.